The van der Waals surface area contributed by atoms with Gasteiger partial charge < -0.3 is 5.11 Å². The largest absolute Gasteiger partial charge is 0.508 e. The van der Waals surface area contributed by atoms with Crippen molar-refractivity contribution in [2.75, 3.05) is 0 Å². The van der Waals surface area contributed by atoms with Crippen LogP contribution in [-0.4, -0.2) is 5.11 Å². The Bertz CT molecular complexity index is 237. The first-order chi connectivity index (χ1) is 4.74. The molecule has 0 aliphatic carbocycles. The second-order valence-electron chi connectivity index (χ2n) is 1.77. The molecule has 1 N–H and O–H groups in total. The first kappa shape index (κ1) is 5.12. The average Bonchev–Trinajstić information content (AvgIpc) is 1.94. The van der Waals surface area contributed by atoms with Crippen LogP contribution in [0, 0.1) is 6.90 Å². The average molecular weight is 144 g/mol. The lowest BCUT2D eigenvalue weighted by molar-refractivity contribution is 0.471. The summed E-state index contributed by atoms with van der Waals surface area (Å²) in [7, 11) is 0. The molecule has 0 heterocycles. The molecule has 0 unspecified atom stereocenters. The van der Waals surface area contributed by atoms with Gasteiger partial charge in [0.05, 0.1) is 0 Å². The van der Waals surface area contributed by atoms with E-state index in [0.717, 1.165) is 0 Å². The van der Waals surface area contributed by atoms with Crippen molar-refractivity contribution in [3.05, 3.63) is 28.8 Å². The van der Waals surface area contributed by atoms with E-state index in [9.17, 15) is 0 Å². The molecule has 0 spiro atoms. The summed E-state index contributed by atoms with van der Waals surface area (Å²) >= 11 is 5.60. The summed E-state index contributed by atoms with van der Waals surface area (Å²) in [6.45, 7) is 0.0619. The summed E-state index contributed by atoms with van der Waals surface area (Å²) in [5.41, 5.74) is 0.563. The topological polar surface area (TPSA) is 20.2 Å². The van der Waals surface area contributed by atoms with Crippen LogP contribution in [0.1, 0.15) is 6.93 Å². The Kier molecular flexibility index (Phi) is 1.30. The predicted octanol–water partition coefficient (Wildman–Crippen LogP) is 2.35. The monoisotopic (exact) mass is 143 g/mol. The van der Waals surface area contributed by atoms with Gasteiger partial charge in [0.2, 0.25) is 0 Å². The summed E-state index contributed by atoms with van der Waals surface area (Å²) < 4.78 is 6.96. The minimum absolute atomic E-state index is 0.0619. The number of aryl methyl sites for hydroxylation is 1. The zero-order chi connectivity index (χ0) is 7.56. The fourth-order valence-electron chi connectivity index (χ4n) is 0.554. The molecule has 0 saturated carbocycles. The van der Waals surface area contributed by atoms with E-state index in [1.165, 1.54) is 6.07 Å². The number of rotatable bonds is 0. The van der Waals surface area contributed by atoms with E-state index < -0.39 is 0 Å². The standard InChI is InChI=1S/C7H7ClO/c1-5-4-6(8)2-3-7(5)9/h2-4,9H,1H3/i1D. The van der Waals surface area contributed by atoms with E-state index in [1.807, 2.05) is 0 Å². The molecule has 0 bridgehead atoms. The van der Waals surface area contributed by atoms with Crippen molar-refractivity contribution in [2.24, 2.45) is 0 Å². The van der Waals surface area contributed by atoms with Crippen molar-refractivity contribution in [1.82, 2.24) is 0 Å². The first-order valence-electron chi connectivity index (χ1n) is 3.21. The lowest BCUT2D eigenvalue weighted by atomic mass is 10.2. The van der Waals surface area contributed by atoms with Gasteiger partial charge in [-0.1, -0.05) is 11.6 Å². The molecule has 0 fully saturated rings. The summed E-state index contributed by atoms with van der Waals surface area (Å²) in [4.78, 5) is 0. The number of halogens is 1. The molecule has 48 valence electrons. The molecular weight excluding hydrogens is 136 g/mol. The number of phenols is 1. The molecular formula is C7H7ClO. The maximum Gasteiger partial charge on any atom is 0.118 e. The molecule has 1 nitrogen and oxygen atoms in total. The van der Waals surface area contributed by atoms with Gasteiger partial charge in [0.15, 0.2) is 0 Å². The predicted molar refractivity (Wildman–Crippen MR) is 37.9 cm³/mol. The number of hydrogen-bond acceptors (Lipinski definition) is 1. The second-order valence-corrected chi connectivity index (χ2v) is 2.21. The minimum atomic E-state index is 0.0619. The van der Waals surface area contributed by atoms with Gasteiger partial charge in [0.1, 0.15) is 5.75 Å². The molecule has 0 aliphatic rings. The van der Waals surface area contributed by atoms with Gasteiger partial charge in [-0.3, -0.25) is 0 Å². The highest BCUT2D eigenvalue weighted by molar-refractivity contribution is 6.30. The van der Waals surface area contributed by atoms with Crippen LogP contribution in [0.4, 0.5) is 0 Å². The Morgan fingerprint density at radius 2 is 2.44 bits per heavy atom. The Morgan fingerprint density at radius 1 is 1.67 bits per heavy atom. The molecule has 0 atom stereocenters. The maximum atomic E-state index is 9.06. The highest BCUT2D eigenvalue weighted by atomic mass is 35.5. The lowest BCUT2D eigenvalue weighted by Gasteiger charge is -1.95. The third-order valence-electron chi connectivity index (χ3n) is 1.04. The van der Waals surface area contributed by atoms with E-state index in [4.69, 9.17) is 18.1 Å². The van der Waals surface area contributed by atoms with Gasteiger partial charge in [-0.05, 0) is 30.7 Å². The van der Waals surface area contributed by atoms with Gasteiger partial charge in [0.25, 0.3) is 0 Å². The molecule has 9 heavy (non-hydrogen) atoms. The Hall–Kier alpha value is -0.690. The third-order valence-corrected chi connectivity index (χ3v) is 1.28. The van der Waals surface area contributed by atoms with Crippen LogP contribution >= 0.6 is 11.6 Å². The van der Waals surface area contributed by atoms with Crippen LogP contribution < -0.4 is 0 Å². The van der Waals surface area contributed by atoms with Crippen molar-refractivity contribution < 1.29 is 6.48 Å². The summed E-state index contributed by atoms with van der Waals surface area (Å²) in [5, 5.41) is 9.61. The number of benzene rings is 1. The second kappa shape index (κ2) is 2.28. The highest BCUT2D eigenvalue weighted by Gasteiger charge is 1.93. The molecule has 0 radical (unpaired) electrons. The molecule has 1 aromatic rings. The molecule has 0 aliphatic heterocycles. The molecule has 0 amide bonds. The van der Waals surface area contributed by atoms with Gasteiger partial charge in [0, 0.05) is 6.39 Å². The number of aromatic hydroxyl groups is 1. The smallest absolute Gasteiger partial charge is 0.118 e. The van der Waals surface area contributed by atoms with Gasteiger partial charge >= 0.3 is 0 Å². The normalized spacial score (nSPS) is 11.0. The minimum Gasteiger partial charge on any atom is -0.508 e. The van der Waals surface area contributed by atoms with Crippen molar-refractivity contribution in [2.45, 2.75) is 6.90 Å². The molecule has 1 rings (SSSR count). The van der Waals surface area contributed by atoms with Crippen molar-refractivity contribution >= 4 is 11.6 Å². The Balaban J connectivity index is 3.09. The zero-order valence-electron chi connectivity index (χ0n) is 5.76. The summed E-state index contributed by atoms with van der Waals surface area (Å²) in [5.74, 6) is 0.138. The maximum absolute atomic E-state index is 9.06. The quantitative estimate of drug-likeness (QED) is 0.591. The fourth-order valence-corrected chi connectivity index (χ4v) is 0.749. The van der Waals surface area contributed by atoms with Crippen molar-refractivity contribution in [1.29, 1.82) is 0 Å². The summed E-state index contributed by atoms with van der Waals surface area (Å²) in [6.07, 6.45) is 0. The van der Waals surface area contributed by atoms with Crippen LogP contribution in [0.25, 0.3) is 0 Å². The van der Waals surface area contributed by atoms with Crippen LogP contribution in [0.15, 0.2) is 18.2 Å². The zero-order valence-corrected chi connectivity index (χ0v) is 5.52. The highest BCUT2D eigenvalue weighted by Crippen LogP contribution is 2.19. The van der Waals surface area contributed by atoms with Crippen LogP contribution in [-0.2, 0) is 0 Å². The van der Waals surface area contributed by atoms with Crippen molar-refractivity contribution in [3.63, 3.8) is 0 Å². The number of hydrogen-bond donors (Lipinski definition) is 1. The Labute approximate surface area is 60.3 Å². The van der Waals surface area contributed by atoms with E-state index in [2.05, 4.69) is 0 Å². The lowest BCUT2D eigenvalue weighted by Crippen LogP contribution is -1.71. The molecule has 1 aromatic carbocycles. The van der Waals surface area contributed by atoms with Crippen LogP contribution in [0.2, 0.25) is 5.02 Å². The molecule has 2 heteroatoms. The fraction of sp³-hybridized carbons (Fsp3) is 0.143. The van der Waals surface area contributed by atoms with E-state index in [0.29, 0.717) is 10.6 Å². The van der Waals surface area contributed by atoms with Crippen LogP contribution in [0.5, 0.6) is 5.75 Å². The van der Waals surface area contributed by atoms with E-state index in [1.54, 1.807) is 12.1 Å². The molecule has 0 saturated heterocycles. The van der Waals surface area contributed by atoms with Gasteiger partial charge in [-0.15, -0.1) is 0 Å². The SMILES string of the molecule is [2H]Cc1cc(Cl)ccc1O. The Morgan fingerprint density at radius 3 is 3.00 bits per heavy atom. The van der Waals surface area contributed by atoms with E-state index in [-0.39, 0.29) is 12.6 Å². The van der Waals surface area contributed by atoms with Gasteiger partial charge in [-0.25, -0.2) is 0 Å². The first-order valence-corrected chi connectivity index (χ1v) is 2.88. The molecule has 0 aromatic heterocycles. The van der Waals surface area contributed by atoms with E-state index >= 15 is 0 Å². The third kappa shape index (κ3) is 1.36. The number of phenolic OH excluding ortho intramolecular Hbond substituents is 1. The van der Waals surface area contributed by atoms with Crippen molar-refractivity contribution in [3.8, 4) is 5.75 Å². The van der Waals surface area contributed by atoms with Gasteiger partial charge in [-0.2, -0.15) is 0 Å². The summed E-state index contributed by atoms with van der Waals surface area (Å²) in [6, 6.07) is 4.67. The van der Waals surface area contributed by atoms with Crippen LogP contribution in [0.3, 0.4) is 0 Å².